The van der Waals surface area contributed by atoms with Crippen molar-refractivity contribution in [1.82, 2.24) is 21.9 Å². The quantitative estimate of drug-likeness (QED) is 0.603. The van der Waals surface area contributed by atoms with Gasteiger partial charge in [0, 0.05) is 10.4 Å². The number of hydrogen-bond donors (Lipinski definition) is 4. The van der Waals surface area contributed by atoms with Gasteiger partial charge in [-0.15, -0.1) is 0 Å². The molecule has 6 nitrogen and oxygen atoms in total. The van der Waals surface area contributed by atoms with Crippen molar-refractivity contribution in [3.63, 3.8) is 0 Å². The van der Waals surface area contributed by atoms with Crippen molar-refractivity contribution in [3.8, 4) is 0 Å². The fourth-order valence-electron chi connectivity index (χ4n) is 2.03. The zero-order chi connectivity index (χ0) is 13.7. The number of hydrogen-bond acceptors (Lipinski definition) is 6. The van der Waals surface area contributed by atoms with Gasteiger partial charge in [-0.05, 0) is 24.6 Å². The highest BCUT2D eigenvalue weighted by atomic mass is 79.9. The summed E-state index contributed by atoms with van der Waals surface area (Å²) in [5, 5.41) is 0. The summed E-state index contributed by atoms with van der Waals surface area (Å²) in [5.74, 6) is -0.248. The van der Waals surface area contributed by atoms with E-state index in [1.807, 2.05) is 24.3 Å². The van der Waals surface area contributed by atoms with Crippen molar-refractivity contribution in [3.05, 3.63) is 34.3 Å². The van der Waals surface area contributed by atoms with Gasteiger partial charge in [0.05, 0.1) is 19.2 Å². The summed E-state index contributed by atoms with van der Waals surface area (Å²) in [6, 6.07) is 7.91. The van der Waals surface area contributed by atoms with E-state index >= 15 is 0 Å². The molecular formula is C12H17BrN4O2. The maximum atomic E-state index is 11.7. The molecule has 0 saturated carbocycles. The number of ether oxygens (including phenoxy) is 1. The second kappa shape index (κ2) is 6.97. The van der Waals surface area contributed by atoms with Gasteiger partial charge in [-0.25, -0.2) is 10.9 Å². The predicted molar refractivity (Wildman–Crippen MR) is 74.5 cm³/mol. The van der Waals surface area contributed by atoms with Crippen molar-refractivity contribution in [2.45, 2.75) is 25.4 Å². The molecule has 0 aromatic heterocycles. The molecule has 0 bridgehead atoms. The lowest BCUT2D eigenvalue weighted by Gasteiger charge is -2.22. The molecule has 19 heavy (non-hydrogen) atoms. The number of rotatable bonds is 5. The second-order valence-corrected chi connectivity index (χ2v) is 5.10. The van der Waals surface area contributed by atoms with Crippen LogP contribution in [0.25, 0.3) is 0 Å². The Balaban J connectivity index is 2.15. The Morgan fingerprint density at radius 3 is 2.79 bits per heavy atom. The molecule has 7 heteroatoms. The van der Waals surface area contributed by atoms with Crippen molar-refractivity contribution in [2.75, 3.05) is 6.61 Å². The first-order valence-electron chi connectivity index (χ1n) is 6.13. The third kappa shape index (κ3) is 3.99. The topological polar surface area (TPSA) is 74.4 Å². The third-order valence-electron chi connectivity index (χ3n) is 2.89. The van der Waals surface area contributed by atoms with Gasteiger partial charge in [-0.3, -0.25) is 4.79 Å². The first kappa shape index (κ1) is 14.4. The lowest BCUT2D eigenvalue weighted by atomic mass is 9.93. The Morgan fingerprint density at radius 2 is 2.16 bits per heavy atom. The van der Waals surface area contributed by atoms with Gasteiger partial charge >= 0.3 is 5.97 Å². The van der Waals surface area contributed by atoms with Crippen LogP contribution >= 0.6 is 15.9 Å². The van der Waals surface area contributed by atoms with Crippen molar-refractivity contribution < 1.29 is 9.53 Å². The largest absolute Gasteiger partial charge is 0.466 e. The van der Waals surface area contributed by atoms with E-state index in [1.54, 1.807) is 6.92 Å². The van der Waals surface area contributed by atoms with Crippen LogP contribution in [-0.4, -0.2) is 18.7 Å². The highest BCUT2D eigenvalue weighted by Gasteiger charge is 2.28. The first-order valence-corrected chi connectivity index (χ1v) is 6.92. The van der Waals surface area contributed by atoms with Crippen LogP contribution in [0.5, 0.6) is 0 Å². The lowest BCUT2D eigenvalue weighted by Crippen LogP contribution is -2.40. The molecule has 1 aromatic rings. The minimum absolute atomic E-state index is 0.0425. The zero-order valence-electron chi connectivity index (χ0n) is 10.6. The molecule has 1 fully saturated rings. The number of hydrazine groups is 3. The normalized spacial score (nSPS) is 17.4. The van der Waals surface area contributed by atoms with Gasteiger partial charge in [0.15, 0.2) is 0 Å². The van der Waals surface area contributed by atoms with E-state index in [-0.39, 0.29) is 18.1 Å². The van der Waals surface area contributed by atoms with Gasteiger partial charge < -0.3 is 4.74 Å². The monoisotopic (exact) mass is 328 g/mol. The fourth-order valence-corrected chi connectivity index (χ4v) is 2.45. The van der Waals surface area contributed by atoms with Crippen LogP contribution < -0.4 is 21.9 Å². The molecule has 0 aliphatic carbocycles. The molecule has 1 aromatic carbocycles. The van der Waals surface area contributed by atoms with Crippen LogP contribution in [0, 0.1) is 0 Å². The molecule has 1 aliphatic heterocycles. The summed E-state index contributed by atoms with van der Waals surface area (Å²) in [7, 11) is 0. The summed E-state index contributed by atoms with van der Waals surface area (Å²) in [4.78, 5) is 11.7. The molecule has 1 aliphatic rings. The van der Waals surface area contributed by atoms with Crippen LogP contribution in [0.1, 0.15) is 24.8 Å². The summed E-state index contributed by atoms with van der Waals surface area (Å²) in [6.07, 6.45) is 0.205. The Kier molecular flexibility index (Phi) is 5.29. The summed E-state index contributed by atoms with van der Waals surface area (Å²) >= 11 is 3.45. The average molecular weight is 329 g/mol. The Morgan fingerprint density at radius 1 is 1.42 bits per heavy atom. The van der Waals surface area contributed by atoms with E-state index in [0.29, 0.717) is 13.0 Å². The average Bonchev–Trinajstić information content (AvgIpc) is 2.90. The maximum absolute atomic E-state index is 11.7. The van der Waals surface area contributed by atoms with Gasteiger partial charge in [-0.1, -0.05) is 28.1 Å². The molecular weight excluding hydrogens is 312 g/mol. The van der Waals surface area contributed by atoms with Crippen LogP contribution in [0.4, 0.5) is 0 Å². The Bertz CT molecular complexity index is 437. The Labute approximate surface area is 120 Å². The van der Waals surface area contributed by atoms with Gasteiger partial charge in [0.2, 0.25) is 0 Å². The molecule has 104 valence electrons. The van der Waals surface area contributed by atoms with Crippen molar-refractivity contribution in [2.24, 2.45) is 0 Å². The van der Waals surface area contributed by atoms with E-state index in [9.17, 15) is 4.79 Å². The van der Waals surface area contributed by atoms with Gasteiger partial charge in [0.1, 0.15) is 0 Å². The molecule has 0 amide bonds. The van der Waals surface area contributed by atoms with E-state index in [1.165, 1.54) is 0 Å². The summed E-state index contributed by atoms with van der Waals surface area (Å²) < 4.78 is 6.02. The Hall–Kier alpha value is -0.990. The highest BCUT2D eigenvalue weighted by molar-refractivity contribution is 9.10. The van der Waals surface area contributed by atoms with Crippen LogP contribution in [-0.2, 0) is 9.53 Å². The lowest BCUT2D eigenvalue weighted by molar-refractivity contribution is -0.143. The number of carbonyl (C=O) groups is 1. The van der Waals surface area contributed by atoms with E-state index < -0.39 is 0 Å². The molecule has 2 rings (SSSR count). The smallest absolute Gasteiger partial charge is 0.306 e. The van der Waals surface area contributed by atoms with E-state index in [4.69, 9.17) is 4.74 Å². The minimum atomic E-state index is -0.206. The van der Waals surface area contributed by atoms with Gasteiger partial charge in [0.25, 0.3) is 0 Å². The summed E-state index contributed by atoms with van der Waals surface area (Å²) in [6.45, 7) is 2.20. The zero-order valence-corrected chi connectivity index (χ0v) is 12.2. The van der Waals surface area contributed by atoms with E-state index in [2.05, 4.69) is 37.9 Å². The molecule has 1 saturated heterocycles. The third-order valence-corrected chi connectivity index (χ3v) is 3.38. The molecule has 0 radical (unpaired) electrons. The molecule has 1 unspecified atom stereocenters. The number of carbonyl (C=O) groups excluding carboxylic acids is 1. The number of halogens is 1. The SMILES string of the molecule is CCOC(=O)CC(c1cccc(Br)c1)C1NNNN1. The maximum Gasteiger partial charge on any atom is 0.306 e. The standard InChI is InChI=1S/C12H17BrN4O2/c1-2-19-11(18)7-10(12-14-16-17-15-12)8-4-3-5-9(13)6-8/h3-6,10,12,14-17H,2,7H2,1H3. The minimum Gasteiger partial charge on any atom is -0.466 e. The van der Waals surface area contributed by atoms with Crippen LogP contribution in [0.2, 0.25) is 0 Å². The molecule has 1 heterocycles. The first-order chi connectivity index (χ1) is 9.20. The summed E-state index contributed by atoms with van der Waals surface area (Å²) in [5.41, 5.74) is 12.6. The van der Waals surface area contributed by atoms with Crippen LogP contribution in [0.3, 0.4) is 0 Å². The fraction of sp³-hybridized carbons (Fsp3) is 0.417. The van der Waals surface area contributed by atoms with Crippen molar-refractivity contribution in [1.29, 1.82) is 0 Å². The second-order valence-electron chi connectivity index (χ2n) is 4.19. The molecule has 0 spiro atoms. The van der Waals surface area contributed by atoms with Gasteiger partial charge in [-0.2, -0.15) is 11.1 Å². The predicted octanol–water partition coefficient (Wildman–Crippen LogP) is 0.929. The van der Waals surface area contributed by atoms with Crippen LogP contribution in [0.15, 0.2) is 28.7 Å². The molecule has 4 N–H and O–H groups in total. The highest BCUT2D eigenvalue weighted by Crippen LogP contribution is 2.26. The number of nitrogens with one attached hydrogen (secondary N) is 4. The number of benzene rings is 1. The van der Waals surface area contributed by atoms with E-state index in [0.717, 1.165) is 10.0 Å². The molecule has 1 atom stereocenters. The van der Waals surface area contributed by atoms with Crippen molar-refractivity contribution >= 4 is 21.9 Å². The number of esters is 1.